The maximum absolute atomic E-state index is 12.0. The molecule has 3 N–H and O–H groups in total. The number of hydrogen-bond donors (Lipinski definition) is 3. The van der Waals surface area contributed by atoms with Crippen LogP contribution in [-0.2, 0) is 23.1 Å². The molecule has 2 aromatic rings. The molecule has 0 bridgehead atoms. The summed E-state index contributed by atoms with van der Waals surface area (Å²) < 4.78 is 26.5. The van der Waals surface area contributed by atoms with Gasteiger partial charge in [0.25, 0.3) is 0 Å². The number of aromatic nitrogens is 2. The Morgan fingerprint density at radius 2 is 2.00 bits per heavy atom. The van der Waals surface area contributed by atoms with E-state index >= 15 is 0 Å². The van der Waals surface area contributed by atoms with Crippen LogP contribution in [-0.4, -0.2) is 30.0 Å². The third-order valence-electron chi connectivity index (χ3n) is 2.85. The molecule has 0 aliphatic rings. The van der Waals surface area contributed by atoms with Gasteiger partial charge in [0.15, 0.2) is 0 Å². The number of imidazole rings is 1. The van der Waals surface area contributed by atoms with Gasteiger partial charge in [-0.05, 0) is 24.1 Å². The minimum absolute atomic E-state index is 0.100. The second-order valence-corrected chi connectivity index (χ2v) is 6.11. The molecule has 0 radical (unpaired) electrons. The number of aliphatic hydroxyl groups excluding tert-OH is 1. The Labute approximate surface area is 117 Å². The van der Waals surface area contributed by atoms with Crippen molar-refractivity contribution >= 4 is 10.0 Å². The summed E-state index contributed by atoms with van der Waals surface area (Å²) in [6.07, 6.45) is 4.77. The Balaban J connectivity index is 1.86. The van der Waals surface area contributed by atoms with E-state index in [-0.39, 0.29) is 11.5 Å². The first-order valence-electron chi connectivity index (χ1n) is 6.29. The number of H-pyrrole nitrogens is 1. The number of aryl methyl sites for hydroxylation is 1. The van der Waals surface area contributed by atoms with Gasteiger partial charge < -0.3 is 10.1 Å². The minimum Gasteiger partial charge on any atom is -0.392 e. The first kappa shape index (κ1) is 14.7. The number of hydrogen-bond acceptors (Lipinski definition) is 4. The van der Waals surface area contributed by atoms with Crippen molar-refractivity contribution in [3.8, 4) is 0 Å². The number of nitrogens with one attached hydrogen (secondary N) is 2. The van der Waals surface area contributed by atoms with Crippen molar-refractivity contribution in [2.75, 3.05) is 6.54 Å². The highest BCUT2D eigenvalue weighted by molar-refractivity contribution is 7.89. The van der Waals surface area contributed by atoms with Gasteiger partial charge in [-0.3, -0.25) is 0 Å². The lowest BCUT2D eigenvalue weighted by atomic mass is 10.2. The van der Waals surface area contributed by atoms with Crippen molar-refractivity contribution in [2.45, 2.75) is 24.3 Å². The Morgan fingerprint density at radius 3 is 2.60 bits per heavy atom. The topological polar surface area (TPSA) is 95.1 Å². The summed E-state index contributed by atoms with van der Waals surface area (Å²) in [6.45, 7) is 0.252. The van der Waals surface area contributed by atoms with Crippen LogP contribution in [0, 0.1) is 0 Å². The van der Waals surface area contributed by atoms with Gasteiger partial charge in [-0.2, -0.15) is 0 Å². The van der Waals surface area contributed by atoms with Crippen molar-refractivity contribution in [3.05, 3.63) is 48.0 Å². The normalized spacial score (nSPS) is 11.7. The molecule has 1 aromatic heterocycles. The van der Waals surface area contributed by atoms with E-state index in [4.69, 9.17) is 5.11 Å². The quantitative estimate of drug-likeness (QED) is 0.659. The molecule has 0 aliphatic heterocycles. The van der Waals surface area contributed by atoms with Gasteiger partial charge in [-0.15, -0.1) is 0 Å². The van der Waals surface area contributed by atoms with Crippen molar-refractivity contribution in [1.82, 2.24) is 14.7 Å². The SMILES string of the molecule is O=S(=O)(NCCCc1ncc[nH]1)c1ccc(CO)cc1. The molecule has 0 saturated carbocycles. The van der Waals surface area contributed by atoms with Crippen LogP contribution in [0.5, 0.6) is 0 Å². The molecule has 0 unspecified atom stereocenters. The molecule has 1 heterocycles. The molecule has 0 aliphatic carbocycles. The molecular weight excluding hydrogens is 278 g/mol. The predicted molar refractivity (Wildman–Crippen MR) is 74.5 cm³/mol. The molecule has 20 heavy (non-hydrogen) atoms. The molecule has 0 amide bonds. The van der Waals surface area contributed by atoms with Crippen LogP contribution in [0.3, 0.4) is 0 Å². The van der Waals surface area contributed by atoms with E-state index in [0.29, 0.717) is 24.9 Å². The monoisotopic (exact) mass is 295 g/mol. The summed E-state index contributed by atoms with van der Waals surface area (Å²) >= 11 is 0. The van der Waals surface area contributed by atoms with Crippen LogP contribution in [0.1, 0.15) is 17.8 Å². The number of nitrogens with zero attached hydrogens (tertiary/aromatic N) is 1. The predicted octanol–water partition coefficient (Wildman–Crippen LogP) is 0.813. The van der Waals surface area contributed by atoms with Gasteiger partial charge >= 0.3 is 0 Å². The summed E-state index contributed by atoms with van der Waals surface area (Å²) in [5.74, 6) is 0.844. The molecule has 0 atom stereocenters. The molecule has 0 saturated heterocycles. The van der Waals surface area contributed by atoms with Crippen molar-refractivity contribution in [3.63, 3.8) is 0 Å². The van der Waals surface area contributed by atoms with E-state index in [1.165, 1.54) is 12.1 Å². The molecule has 7 heteroatoms. The Kier molecular flexibility index (Phi) is 4.89. The average molecular weight is 295 g/mol. The first-order valence-corrected chi connectivity index (χ1v) is 7.78. The largest absolute Gasteiger partial charge is 0.392 e. The van der Waals surface area contributed by atoms with Crippen molar-refractivity contribution in [1.29, 1.82) is 0 Å². The highest BCUT2D eigenvalue weighted by atomic mass is 32.2. The van der Waals surface area contributed by atoms with Crippen LogP contribution in [0.4, 0.5) is 0 Å². The van der Waals surface area contributed by atoms with Crippen LogP contribution in [0.15, 0.2) is 41.6 Å². The maximum Gasteiger partial charge on any atom is 0.240 e. The third-order valence-corrected chi connectivity index (χ3v) is 4.33. The summed E-state index contributed by atoms with van der Waals surface area (Å²) in [7, 11) is -3.49. The first-order chi connectivity index (χ1) is 9.62. The van der Waals surface area contributed by atoms with E-state index in [9.17, 15) is 8.42 Å². The van der Waals surface area contributed by atoms with Crippen LogP contribution in [0.2, 0.25) is 0 Å². The second-order valence-electron chi connectivity index (χ2n) is 4.34. The van der Waals surface area contributed by atoms with Gasteiger partial charge in [0.2, 0.25) is 10.0 Å². The van der Waals surface area contributed by atoms with Gasteiger partial charge in [0.05, 0.1) is 11.5 Å². The lowest BCUT2D eigenvalue weighted by molar-refractivity contribution is 0.282. The molecule has 108 valence electrons. The number of rotatable bonds is 7. The molecule has 0 fully saturated rings. The highest BCUT2D eigenvalue weighted by Crippen LogP contribution is 2.10. The lowest BCUT2D eigenvalue weighted by Gasteiger charge is -2.06. The number of benzene rings is 1. The zero-order chi connectivity index (χ0) is 14.4. The fraction of sp³-hybridized carbons (Fsp3) is 0.308. The second kappa shape index (κ2) is 6.65. The summed E-state index contributed by atoms with van der Waals surface area (Å²) in [5.41, 5.74) is 0.682. The van der Waals surface area contributed by atoms with Crippen LogP contribution < -0.4 is 4.72 Å². The van der Waals surface area contributed by atoms with Crippen molar-refractivity contribution < 1.29 is 13.5 Å². The van der Waals surface area contributed by atoms with E-state index in [1.807, 2.05) is 0 Å². The minimum atomic E-state index is -3.49. The molecule has 2 rings (SSSR count). The van der Waals surface area contributed by atoms with E-state index < -0.39 is 10.0 Å². The standard InChI is InChI=1S/C13H17N3O3S/c17-10-11-3-5-12(6-4-11)20(18,19)16-7-1-2-13-14-8-9-15-13/h3-6,8-9,16-17H,1-2,7,10H2,(H,14,15). The van der Waals surface area contributed by atoms with Gasteiger partial charge in [0.1, 0.15) is 5.82 Å². The zero-order valence-electron chi connectivity index (χ0n) is 10.9. The van der Waals surface area contributed by atoms with E-state index in [1.54, 1.807) is 24.5 Å². The summed E-state index contributed by atoms with van der Waals surface area (Å²) in [5, 5.41) is 8.92. The number of aromatic amines is 1. The maximum atomic E-state index is 12.0. The Hall–Kier alpha value is -1.70. The van der Waals surface area contributed by atoms with Gasteiger partial charge in [-0.25, -0.2) is 18.1 Å². The number of sulfonamides is 1. The average Bonchev–Trinajstić information content (AvgIpc) is 2.97. The molecule has 6 nitrogen and oxygen atoms in total. The summed E-state index contributed by atoms with van der Waals surface area (Å²) in [4.78, 5) is 7.24. The Morgan fingerprint density at radius 1 is 1.25 bits per heavy atom. The van der Waals surface area contributed by atoms with Gasteiger partial charge in [0, 0.05) is 25.4 Å². The molecular formula is C13H17N3O3S. The fourth-order valence-corrected chi connectivity index (χ4v) is 2.83. The fourth-order valence-electron chi connectivity index (χ4n) is 1.75. The molecule has 0 spiro atoms. The summed E-state index contributed by atoms with van der Waals surface area (Å²) in [6, 6.07) is 6.16. The lowest BCUT2D eigenvalue weighted by Crippen LogP contribution is -2.25. The zero-order valence-corrected chi connectivity index (χ0v) is 11.7. The van der Waals surface area contributed by atoms with Gasteiger partial charge in [-0.1, -0.05) is 12.1 Å². The highest BCUT2D eigenvalue weighted by Gasteiger charge is 2.12. The van der Waals surface area contributed by atoms with Crippen molar-refractivity contribution in [2.24, 2.45) is 0 Å². The molecule has 1 aromatic carbocycles. The third kappa shape index (κ3) is 3.89. The van der Waals surface area contributed by atoms with E-state index in [0.717, 1.165) is 5.82 Å². The van der Waals surface area contributed by atoms with E-state index in [2.05, 4.69) is 14.7 Å². The smallest absolute Gasteiger partial charge is 0.240 e. The Bertz CT molecular complexity index is 621. The van der Waals surface area contributed by atoms with Crippen LogP contribution in [0.25, 0.3) is 0 Å². The number of aliphatic hydroxyl groups is 1. The van der Waals surface area contributed by atoms with Crippen LogP contribution >= 0.6 is 0 Å².